The van der Waals surface area contributed by atoms with Crippen molar-refractivity contribution in [1.29, 1.82) is 0 Å². The first kappa shape index (κ1) is 15.2. The number of nitrogens with zero attached hydrogens (tertiary/aromatic N) is 4. The number of piperidine rings is 1. The number of aromatic amines is 1. The average molecular weight is 303 g/mol. The molecule has 6 heteroatoms. The highest BCUT2D eigenvalue weighted by Crippen LogP contribution is 2.60. The molecule has 0 spiro atoms. The maximum Gasteiger partial charge on any atom is 0.226 e. The summed E-state index contributed by atoms with van der Waals surface area (Å²) in [5.74, 6) is 1.72. The van der Waals surface area contributed by atoms with Crippen LogP contribution in [0.4, 0.5) is 0 Å². The van der Waals surface area contributed by atoms with Crippen LogP contribution in [-0.4, -0.2) is 44.5 Å². The van der Waals surface area contributed by atoms with Crippen molar-refractivity contribution in [3.05, 3.63) is 17.5 Å². The predicted molar refractivity (Wildman–Crippen MR) is 82.9 cm³/mol. The number of amides is 1. The van der Waals surface area contributed by atoms with Gasteiger partial charge in [0.25, 0.3) is 0 Å². The number of allylic oxidation sites excluding steroid dienone is 2. The van der Waals surface area contributed by atoms with Crippen molar-refractivity contribution in [3.8, 4) is 0 Å². The summed E-state index contributed by atoms with van der Waals surface area (Å²) in [4.78, 5) is 14.9. The molecule has 1 saturated heterocycles. The maximum atomic E-state index is 12.9. The van der Waals surface area contributed by atoms with Crippen molar-refractivity contribution < 1.29 is 4.79 Å². The minimum atomic E-state index is 0.0768. The number of carbonyl (C=O) groups excluding carboxylic acids is 1. The Hall–Kier alpha value is -1.72. The highest BCUT2D eigenvalue weighted by Gasteiger charge is 2.61. The molecule has 1 aromatic rings. The van der Waals surface area contributed by atoms with E-state index in [0.29, 0.717) is 18.4 Å². The topological polar surface area (TPSA) is 74.8 Å². The van der Waals surface area contributed by atoms with E-state index in [9.17, 15) is 4.79 Å². The molecule has 6 nitrogen and oxygen atoms in total. The number of hydrogen-bond acceptors (Lipinski definition) is 4. The molecule has 120 valence electrons. The van der Waals surface area contributed by atoms with E-state index in [-0.39, 0.29) is 17.3 Å². The Morgan fingerprint density at radius 1 is 1.41 bits per heavy atom. The third kappa shape index (κ3) is 2.66. The van der Waals surface area contributed by atoms with E-state index >= 15 is 0 Å². The van der Waals surface area contributed by atoms with Gasteiger partial charge < -0.3 is 4.90 Å². The van der Waals surface area contributed by atoms with Crippen LogP contribution >= 0.6 is 0 Å². The molecule has 3 atom stereocenters. The fourth-order valence-corrected chi connectivity index (χ4v) is 3.75. The summed E-state index contributed by atoms with van der Waals surface area (Å²) in [7, 11) is 0. The average Bonchev–Trinajstić information content (AvgIpc) is 2.87. The van der Waals surface area contributed by atoms with Crippen LogP contribution in [0.25, 0.3) is 0 Å². The second kappa shape index (κ2) is 5.48. The van der Waals surface area contributed by atoms with Gasteiger partial charge in [0.05, 0.1) is 5.92 Å². The molecule has 1 aromatic heterocycles. The molecule has 0 unspecified atom stereocenters. The van der Waals surface area contributed by atoms with Crippen LogP contribution in [-0.2, 0) is 4.79 Å². The van der Waals surface area contributed by atoms with E-state index < -0.39 is 0 Å². The fraction of sp³-hybridized carbons (Fsp3) is 0.750. The van der Waals surface area contributed by atoms with Crippen molar-refractivity contribution in [3.63, 3.8) is 0 Å². The molecule has 1 saturated carbocycles. The highest BCUT2D eigenvalue weighted by molar-refractivity contribution is 5.84. The number of likely N-dealkylation sites (tertiary alicyclic amines) is 1. The van der Waals surface area contributed by atoms with E-state index in [1.807, 2.05) is 4.90 Å². The van der Waals surface area contributed by atoms with Crippen LogP contribution in [0.1, 0.15) is 52.3 Å². The molecule has 0 aromatic carbocycles. The van der Waals surface area contributed by atoms with E-state index in [2.05, 4.69) is 54.4 Å². The molecule has 2 aliphatic rings. The van der Waals surface area contributed by atoms with E-state index in [1.54, 1.807) is 0 Å². The largest absolute Gasteiger partial charge is 0.342 e. The van der Waals surface area contributed by atoms with Crippen molar-refractivity contribution in [2.75, 3.05) is 13.1 Å². The molecule has 1 aliphatic carbocycles. The highest BCUT2D eigenvalue weighted by atomic mass is 16.2. The second-order valence-electron chi connectivity index (χ2n) is 7.46. The fourth-order valence-electron chi connectivity index (χ4n) is 3.75. The number of carbonyl (C=O) groups is 1. The van der Waals surface area contributed by atoms with E-state index in [4.69, 9.17) is 0 Å². The molecule has 3 rings (SSSR count). The maximum absolute atomic E-state index is 12.9. The zero-order valence-electron chi connectivity index (χ0n) is 13.8. The first-order valence-corrected chi connectivity index (χ1v) is 8.08. The Kier molecular flexibility index (Phi) is 3.78. The molecular formula is C16H25N5O. The first-order valence-electron chi connectivity index (χ1n) is 8.08. The van der Waals surface area contributed by atoms with Crippen LogP contribution in [0.3, 0.4) is 0 Å². The predicted octanol–water partition coefficient (Wildman–Crippen LogP) is 2.14. The van der Waals surface area contributed by atoms with Gasteiger partial charge in [-0.2, -0.15) is 5.21 Å². The summed E-state index contributed by atoms with van der Waals surface area (Å²) in [6.07, 6.45) is 4.28. The number of aromatic nitrogens is 4. The molecular weight excluding hydrogens is 278 g/mol. The van der Waals surface area contributed by atoms with Gasteiger partial charge in [-0.15, -0.1) is 10.2 Å². The van der Waals surface area contributed by atoms with Gasteiger partial charge in [-0.1, -0.05) is 30.7 Å². The lowest BCUT2D eigenvalue weighted by atomic mass is 9.96. The van der Waals surface area contributed by atoms with E-state index in [0.717, 1.165) is 25.2 Å². The van der Waals surface area contributed by atoms with Gasteiger partial charge >= 0.3 is 0 Å². The van der Waals surface area contributed by atoms with Gasteiger partial charge in [-0.3, -0.25) is 4.79 Å². The number of nitrogens with one attached hydrogen (secondary N) is 1. The van der Waals surface area contributed by atoms with Crippen LogP contribution in [0.2, 0.25) is 0 Å². The minimum absolute atomic E-state index is 0.0768. The SMILES string of the molecule is CC(C)=C[C@@H]1[C@H](C(=O)N2CCC[C@H](c3nn[nH]n3)C2)C1(C)C. The van der Waals surface area contributed by atoms with Gasteiger partial charge in [-0.05, 0) is 38.0 Å². The molecule has 1 N–H and O–H groups in total. The molecule has 2 fully saturated rings. The number of tetrazole rings is 1. The lowest BCUT2D eigenvalue weighted by Crippen LogP contribution is -2.41. The van der Waals surface area contributed by atoms with Crippen LogP contribution in [0.5, 0.6) is 0 Å². The molecule has 22 heavy (non-hydrogen) atoms. The monoisotopic (exact) mass is 303 g/mol. The number of H-pyrrole nitrogens is 1. The molecule has 0 bridgehead atoms. The zero-order valence-corrected chi connectivity index (χ0v) is 13.8. The summed E-state index contributed by atoms with van der Waals surface area (Å²) in [5.41, 5.74) is 1.37. The lowest BCUT2D eigenvalue weighted by Gasteiger charge is -2.31. The molecule has 1 amide bonds. The summed E-state index contributed by atoms with van der Waals surface area (Å²) >= 11 is 0. The van der Waals surface area contributed by atoms with Crippen LogP contribution < -0.4 is 0 Å². The van der Waals surface area contributed by atoms with Crippen molar-refractivity contribution in [2.24, 2.45) is 17.3 Å². The molecule has 1 aliphatic heterocycles. The Bertz CT molecular complexity index is 573. The Balaban J connectivity index is 1.69. The summed E-state index contributed by atoms with van der Waals surface area (Å²) in [6.45, 7) is 10.2. The van der Waals surface area contributed by atoms with Crippen LogP contribution in [0, 0.1) is 17.3 Å². The molecule has 0 radical (unpaired) electrons. The lowest BCUT2D eigenvalue weighted by molar-refractivity contribution is -0.134. The van der Waals surface area contributed by atoms with Crippen molar-refractivity contribution in [2.45, 2.75) is 46.5 Å². The first-order chi connectivity index (χ1) is 10.4. The number of hydrogen-bond donors (Lipinski definition) is 1. The van der Waals surface area contributed by atoms with Gasteiger partial charge in [-0.25, -0.2) is 0 Å². The Labute approximate surface area is 131 Å². The normalized spacial score (nSPS) is 30.0. The molecule has 2 heterocycles. The Morgan fingerprint density at radius 3 is 2.82 bits per heavy atom. The van der Waals surface area contributed by atoms with Gasteiger partial charge in [0.1, 0.15) is 0 Å². The summed E-state index contributed by atoms with van der Waals surface area (Å²) in [5, 5.41) is 14.3. The quantitative estimate of drug-likeness (QED) is 0.868. The van der Waals surface area contributed by atoms with Gasteiger partial charge in [0.2, 0.25) is 5.91 Å². The standard InChI is InChI=1S/C16H25N5O/c1-10(2)8-12-13(16(12,3)4)15(22)21-7-5-6-11(9-21)14-17-19-20-18-14/h8,11-13H,5-7,9H2,1-4H3,(H,17,18,19,20)/t11-,12+,13+/m0/s1. The van der Waals surface area contributed by atoms with Crippen molar-refractivity contribution in [1.82, 2.24) is 25.5 Å². The van der Waals surface area contributed by atoms with Crippen molar-refractivity contribution >= 4 is 5.91 Å². The summed E-state index contributed by atoms with van der Waals surface area (Å²) < 4.78 is 0. The minimum Gasteiger partial charge on any atom is -0.342 e. The third-order valence-corrected chi connectivity index (χ3v) is 5.15. The summed E-state index contributed by atoms with van der Waals surface area (Å²) in [6, 6.07) is 0. The second-order valence-corrected chi connectivity index (χ2v) is 7.46. The van der Waals surface area contributed by atoms with Gasteiger partial charge in [0, 0.05) is 19.0 Å². The third-order valence-electron chi connectivity index (χ3n) is 5.15. The van der Waals surface area contributed by atoms with Gasteiger partial charge in [0.15, 0.2) is 5.82 Å². The van der Waals surface area contributed by atoms with E-state index in [1.165, 1.54) is 5.57 Å². The Morgan fingerprint density at radius 2 is 2.18 bits per heavy atom. The zero-order chi connectivity index (χ0) is 15.9. The smallest absolute Gasteiger partial charge is 0.226 e. The van der Waals surface area contributed by atoms with Crippen LogP contribution in [0.15, 0.2) is 11.6 Å². The number of rotatable bonds is 3.